The minimum absolute atomic E-state index is 0.130. The minimum Gasteiger partial charge on any atom is -0.481 e. The van der Waals surface area contributed by atoms with Crippen LogP contribution in [0.4, 0.5) is 0 Å². The van der Waals surface area contributed by atoms with Crippen LogP contribution in [0.1, 0.15) is 64.7 Å². The molecular formula is C15H26O2. The van der Waals surface area contributed by atoms with Gasteiger partial charge in [-0.05, 0) is 19.3 Å². The summed E-state index contributed by atoms with van der Waals surface area (Å²) in [5.41, 5.74) is 0. The number of hydrogen-bond acceptors (Lipinski definition) is 1. The third kappa shape index (κ3) is 14.9. The summed E-state index contributed by atoms with van der Waals surface area (Å²) in [5, 5.41) is 8.41. The van der Waals surface area contributed by atoms with Crippen molar-refractivity contribution in [3.8, 4) is 0 Å². The predicted molar refractivity (Wildman–Crippen MR) is 73.1 cm³/mol. The molecule has 1 N–H and O–H groups in total. The van der Waals surface area contributed by atoms with Crippen molar-refractivity contribution in [1.29, 1.82) is 0 Å². The summed E-state index contributed by atoms with van der Waals surface area (Å²) in [4.78, 5) is 10.2. The SMILES string of the molecule is CCCCCCCCC=CCC=CCC(=O)O. The summed E-state index contributed by atoms with van der Waals surface area (Å²) in [7, 11) is 0. The smallest absolute Gasteiger partial charge is 0.307 e. The lowest BCUT2D eigenvalue weighted by atomic mass is 10.1. The van der Waals surface area contributed by atoms with Gasteiger partial charge in [0, 0.05) is 0 Å². The largest absolute Gasteiger partial charge is 0.481 e. The van der Waals surface area contributed by atoms with Crippen molar-refractivity contribution in [3.05, 3.63) is 24.3 Å². The van der Waals surface area contributed by atoms with E-state index < -0.39 is 5.97 Å². The van der Waals surface area contributed by atoms with Crippen molar-refractivity contribution in [3.63, 3.8) is 0 Å². The van der Waals surface area contributed by atoms with Crippen molar-refractivity contribution >= 4 is 5.97 Å². The quantitative estimate of drug-likeness (QED) is 0.418. The number of allylic oxidation sites excluding steroid dienone is 3. The predicted octanol–water partition coefficient (Wildman–Crippen LogP) is 4.71. The fourth-order valence-corrected chi connectivity index (χ4v) is 1.62. The van der Waals surface area contributed by atoms with Crippen LogP contribution in [0.15, 0.2) is 24.3 Å². The molecule has 0 aliphatic rings. The average Bonchev–Trinajstić information content (AvgIpc) is 2.30. The summed E-state index contributed by atoms with van der Waals surface area (Å²) in [6, 6.07) is 0. The molecule has 0 amide bonds. The molecule has 0 saturated heterocycles. The molecule has 0 rings (SSSR count). The zero-order chi connectivity index (χ0) is 12.8. The third-order valence-electron chi connectivity index (χ3n) is 2.62. The van der Waals surface area contributed by atoms with Crippen LogP contribution in [0.2, 0.25) is 0 Å². The molecule has 0 bridgehead atoms. The number of hydrogen-bond donors (Lipinski definition) is 1. The molecule has 0 aliphatic carbocycles. The van der Waals surface area contributed by atoms with Crippen LogP contribution in [-0.2, 0) is 4.79 Å². The van der Waals surface area contributed by atoms with E-state index in [1.54, 1.807) is 6.08 Å². The van der Waals surface area contributed by atoms with Crippen molar-refractivity contribution < 1.29 is 9.90 Å². The topological polar surface area (TPSA) is 37.3 Å². The first-order chi connectivity index (χ1) is 8.27. The minimum atomic E-state index is -0.766. The molecule has 0 aromatic heterocycles. The molecule has 98 valence electrons. The van der Waals surface area contributed by atoms with Gasteiger partial charge in [0.25, 0.3) is 0 Å². The van der Waals surface area contributed by atoms with Gasteiger partial charge in [0.05, 0.1) is 6.42 Å². The first-order valence-corrected chi connectivity index (χ1v) is 6.79. The van der Waals surface area contributed by atoms with Gasteiger partial charge in [-0.25, -0.2) is 0 Å². The molecule has 0 spiro atoms. The summed E-state index contributed by atoms with van der Waals surface area (Å²) in [5.74, 6) is -0.766. The lowest BCUT2D eigenvalue weighted by molar-refractivity contribution is -0.136. The van der Waals surface area contributed by atoms with E-state index >= 15 is 0 Å². The number of rotatable bonds is 11. The van der Waals surface area contributed by atoms with Gasteiger partial charge in [-0.2, -0.15) is 0 Å². The number of carboxylic acids is 1. The summed E-state index contributed by atoms with van der Waals surface area (Å²) < 4.78 is 0. The maximum Gasteiger partial charge on any atom is 0.307 e. The highest BCUT2D eigenvalue weighted by atomic mass is 16.4. The number of unbranched alkanes of at least 4 members (excludes halogenated alkanes) is 6. The normalized spacial score (nSPS) is 11.6. The molecule has 0 aromatic rings. The summed E-state index contributed by atoms with van der Waals surface area (Å²) in [6.07, 6.45) is 18.1. The molecule has 0 fully saturated rings. The summed E-state index contributed by atoms with van der Waals surface area (Å²) in [6.45, 7) is 2.24. The number of carbonyl (C=O) groups is 1. The molecule has 0 atom stereocenters. The second-order valence-corrected chi connectivity index (χ2v) is 4.33. The van der Waals surface area contributed by atoms with Gasteiger partial charge in [-0.3, -0.25) is 4.79 Å². The first-order valence-electron chi connectivity index (χ1n) is 6.79. The standard InChI is InChI=1S/C15H26O2/c1-2-3-4-5-6-7-8-9-10-11-12-13-14-15(16)17/h9-10,12-13H,2-8,11,14H2,1H3,(H,16,17). The van der Waals surface area contributed by atoms with Crippen LogP contribution in [0.5, 0.6) is 0 Å². The second kappa shape index (κ2) is 13.0. The number of aliphatic carboxylic acids is 1. The molecular weight excluding hydrogens is 212 g/mol. The molecule has 17 heavy (non-hydrogen) atoms. The van der Waals surface area contributed by atoms with E-state index in [2.05, 4.69) is 19.1 Å². The van der Waals surface area contributed by atoms with Gasteiger partial charge in [-0.1, -0.05) is 63.3 Å². The summed E-state index contributed by atoms with van der Waals surface area (Å²) >= 11 is 0. The van der Waals surface area contributed by atoms with Crippen LogP contribution in [-0.4, -0.2) is 11.1 Å². The first kappa shape index (κ1) is 16.0. The van der Waals surface area contributed by atoms with Crippen LogP contribution < -0.4 is 0 Å². The molecule has 2 nitrogen and oxygen atoms in total. The maximum absolute atomic E-state index is 10.2. The fraction of sp³-hybridized carbons (Fsp3) is 0.667. The van der Waals surface area contributed by atoms with Crippen molar-refractivity contribution in [2.75, 3.05) is 0 Å². The van der Waals surface area contributed by atoms with Crippen LogP contribution in [0.3, 0.4) is 0 Å². The molecule has 2 heteroatoms. The van der Waals surface area contributed by atoms with E-state index in [4.69, 9.17) is 5.11 Å². The Labute approximate surface area is 105 Å². The van der Waals surface area contributed by atoms with E-state index in [-0.39, 0.29) is 6.42 Å². The van der Waals surface area contributed by atoms with Crippen molar-refractivity contribution in [2.24, 2.45) is 0 Å². The van der Waals surface area contributed by atoms with Crippen molar-refractivity contribution in [1.82, 2.24) is 0 Å². The van der Waals surface area contributed by atoms with Gasteiger partial charge < -0.3 is 5.11 Å². The van der Waals surface area contributed by atoms with E-state index in [1.165, 1.54) is 38.5 Å². The van der Waals surface area contributed by atoms with Gasteiger partial charge in [0.15, 0.2) is 0 Å². The molecule has 0 saturated carbocycles. The Morgan fingerprint density at radius 1 is 0.941 bits per heavy atom. The Bertz CT molecular complexity index is 229. The highest BCUT2D eigenvalue weighted by Crippen LogP contribution is 2.07. The van der Waals surface area contributed by atoms with Gasteiger partial charge in [0.2, 0.25) is 0 Å². The van der Waals surface area contributed by atoms with E-state index in [0.717, 1.165) is 12.8 Å². The van der Waals surface area contributed by atoms with Crippen LogP contribution in [0, 0.1) is 0 Å². The Balaban J connectivity index is 3.20. The molecule has 0 heterocycles. The monoisotopic (exact) mass is 238 g/mol. The highest BCUT2D eigenvalue weighted by Gasteiger charge is 1.88. The van der Waals surface area contributed by atoms with Crippen LogP contribution in [0.25, 0.3) is 0 Å². The van der Waals surface area contributed by atoms with Gasteiger partial charge in [-0.15, -0.1) is 0 Å². The highest BCUT2D eigenvalue weighted by molar-refractivity contribution is 5.68. The Kier molecular flexibility index (Phi) is 12.2. The fourth-order valence-electron chi connectivity index (χ4n) is 1.62. The molecule has 0 aromatic carbocycles. The van der Waals surface area contributed by atoms with Gasteiger partial charge >= 0.3 is 5.97 Å². The molecule has 0 radical (unpaired) electrons. The number of carboxylic acid groups (broad SMARTS) is 1. The Hall–Kier alpha value is -1.05. The Morgan fingerprint density at radius 3 is 2.29 bits per heavy atom. The maximum atomic E-state index is 10.2. The van der Waals surface area contributed by atoms with E-state index in [9.17, 15) is 4.79 Å². The third-order valence-corrected chi connectivity index (χ3v) is 2.62. The molecule has 0 aliphatic heterocycles. The zero-order valence-electron chi connectivity index (χ0n) is 11.0. The van der Waals surface area contributed by atoms with Crippen LogP contribution >= 0.6 is 0 Å². The Morgan fingerprint density at radius 2 is 1.59 bits per heavy atom. The van der Waals surface area contributed by atoms with Gasteiger partial charge in [0.1, 0.15) is 0 Å². The van der Waals surface area contributed by atoms with E-state index in [0.29, 0.717) is 0 Å². The zero-order valence-corrected chi connectivity index (χ0v) is 11.0. The van der Waals surface area contributed by atoms with E-state index in [1.807, 2.05) is 6.08 Å². The van der Waals surface area contributed by atoms with Crippen molar-refractivity contribution in [2.45, 2.75) is 64.7 Å². The lowest BCUT2D eigenvalue weighted by Crippen LogP contribution is -1.89. The second-order valence-electron chi connectivity index (χ2n) is 4.33. The lowest BCUT2D eigenvalue weighted by Gasteiger charge is -1.97. The average molecular weight is 238 g/mol. The molecule has 0 unspecified atom stereocenters.